The second-order valence-corrected chi connectivity index (χ2v) is 4.27. The van der Waals surface area contributed by atoms with E-state index >= 15 is 0 Å². The van der Waals surface area contributed by atoms with Gasteiger partial charge in [0.15, 0.2) is 5.78 Å². The minimum Gasteiger partial charge on any atom is -0.496 e. The molecule has 0 aliphatic carbocycles. The molecular weight excluding hydrogens is 274 g/mol. The van der Waals surface area contributed by atoms with Crippen molar-refractivity contribution in [2.24, 2.45) is 0 Å². The Morgan fingerprint density at radius 2 is 1.71 bits per heavy atom. The molecule has 0 N–H and O–H groups in total. The molecule has 0 fully saturated rings. The highest BCUT2D eigenvalue weighted by molar-refractivity contribution is 5.97. The molecule has 0 heterocycles. The summed E-state index contributed by atoms with van der Waals surface area (Å²) in [6.45, 7) is 1.44. The molecule has 0 aliphatic rings. The Morgan fingerprint density at radius 3 is 2.24 bits per heavy atom. The first kappa shape index (κ1) is 14.5. The lowest BCUT2D eigenvalue weighted by atomic mass is 10.1. The molecule has 0 bridgehead atoms. The molecule has 2 rings (SSSR count). The smallest absolute Gasteiger partial charge is 0.269 e. The summed E-state index contributed by atoms with van der Waals surface area (Å²) < 4.78 is 10.7. The van der Waals surface area contributed by atoms with Crippen LogP contribution in [0.2, 0.25) is 0 Å². The number of carbonyl (C=O) groups excluding carboxylic acids is 1. The lowest BCUT2D eigenvalue weighted by Crippen LogP contribution is -1.98. The van der Waals surface area contributed by atoms with Gasteiger partial charge in [-0.2, -0.15) is 0 Å². The van der Waals surface area contributed by atoms with Gasteiger partial charge in [-0.15, -0.1) is 0 Å². The molecule has 2 aromatic carbocycles. The van der Waals surface area contributed by atoms with E-state index in [1.807, 2.05) is 0 Å². The molecule has 0 saturated heterocycles. The number of rotatable bonds is 5. The number of nitro groups is 1. The summed E-state index contributed by atoms with van der Waals surface area (Å²) in [4.78, 5) is 21.6. The van der Waals surface area contributed by atoms with E-state index in [0.29, 0.717) is 22.8 Å². The number of ether oxygens (including phenoxy) is 2. The SMILES string of the molecule is COc1ccc(Oc2ccc([N+](=O)[O-])cc2)cc1C(C)=O. The maximum Gasteiger partial charge on any atom is 0.269 e. The number of benzene rings is 2. The Bertz CT molecular complexity index is 679. The third-order valence-corrected chi connectivity index (χ3v) is 2.83. The molecule has 2 aromatic rings. The number of hydrogen-bond acceptors (Lipinski definition) is 5. The maximum atomic E-state index is 11.5. The van der Waals surface area contributed by atoms with Crippen molar-refractivity contribution in [3.63, 3.8) is 0 Å². The van der Waals surface area contributed by atoms with E-state index in [1.165, 1.54) is 38.3 Å². The van der Waals surface area contributed by atoms with E-state index in [9.17, 15) is 14.9 Å². The summed E-state index contributed by atoms with van der Waals surface area (Å²) in [6, 6.07) is 10.6. The number of nitro benzene ring substituents is 1. The van der Waals surface area contributed by atoms with E-state index in [1.54, 1.807) is 18.2 Å². The summed E-state index contributed by atoms with van der Waals surface area (Å²) in [5, 5.41) is 10.6. The number of Topliss-reactive ketones (excluding diaryl/α,β-unsaturated/α-hetero) is 1. The highest BCUT2D eigenvalue weighted by Crippen LogP contribution is 2.28. The van der Waals surface area contributed by atoms with Crippen LogP contribution in [0.3, 0.4) is 0 Å². The van der Waals surface area contributed by atoms with Crippen molar-refractivity contribution >= 4 is 11.5 Å². The normalized spacial score (nSPS) is 10.0. The molecule has 0 unspecified atom stereocenters. The Labute approximate surface area is 121 Å². The van der Waals surface area contributed by atoms with E-state index in [0.717, 1.165) is 0 Å². The van der Waals surface area contributed by atoms with Gasteiger partial charge < -0.3 is 9.47 Å². The molecule has 108 valence electrons. The van der Waals surface area contributed by atoms with Crippen molar-refractivity contribution in [2.45, 2.75) is 6.92 Å². The molecule has 6 nitrogen and oxygen atoms in total. The molecule has 0 amide bonds. The van der Waals surface area contributed by atoms with Crippen molar-refractivity contribution in [1.82, 2.24) is 0 Å². The van der Waals surface area contributed by atoms with Gasteiger partial charge in [0.05, 0.1) is 17.6 Å². The molecule has 6 heteroatoms. The van der Waals surface area contributed by atoms with E-state index in [4.69, 9.17) is 9.47 Å². The lowest BCUT2D eigenvalue weighted by molar-refractivity contribution is -0.384. The molecule has 0 aliphatic heterocycles. The lowest BCUT2D eigenvalue weighted by Gasteiger charge is -2.09. The van der Waals surface area contributed by atoms with Gasteiger partial charge in [-0.05, 0) is 37.3 Å². The first-order valence-corrected chi connectivity index (χ1v) is 6.12. The van der Waals surface area contributed by atoms with Crippen LogP contribution in [-0.2, 0) is 0 Å². The third kappa shape index (κ3) is 3.36. The minimum absolute atomic E-state index is 0.0125. The van der Waals surface area contributed by atoms with Crippen LogP contribution >= 0.6 is 0 Å². The number of methoxy groups -OCH3 is 1. The zero-order valence-electron chi connectivity index (χ0n) is 11.5. The van der Waals surface area contributed by atoms with Gasteiger partial charge in [0.25, 0.3) is 5.69 Å². The van der Waals surface area contributed by atoms with Crippen LogP contribution in [0.15, 0.2) is 42.5 Å². The van der Waals surface area contributed by atoms with Crippen LogP contribution in [0.5, 0.6) is 17.2 Å². The monoisotopic (exact) mass is 287 g/mol. The number of non-ortho nitro benzene ring substituents is 1. The van der Waals surface area contributed by atoms with Crippen LogP contribution in [0, 0.1) is 10.1 Å². The Kier molecular flexibility index (Phi) is 4.18. The molecule has 0 atom stereocenters. The quantitative estimate of drug-likeness (QED) is 0.477. The average molecular weight is 287 g/mol. The van der Waals surface area contributed by atoms with Crippen LogP contribution in [-0.4, -0.2) is 17.8 Å². The molecule has 21 heavy (non-hydrogen) atoms. The second kappa shape index (κ2) is 6.04. The average Bonchev–Trinajstić information content (AvgIpc) is 2.47. The largest absolute Gasteiger partial charge is 0.496 e. The van der Waals surface area contributed by atoms with Crippen molar-refractivity contribution in [3.8, 4) is 17.2 Å². The topological polar surface area (TPSA) is 78.7 Å². The second-order valence-electron chi connectivity index (χ2n) is 4.27. The van der Waals surface area contributed by atoms with Crippen molar-refractivity contribution in [3.05, 3.63) is 58.1 Å². The van der Waals surface area contributed by atoms with E-state index < -0.39 is 4.92 Å². The van der Waals surface area contributed by atoms with Crippen LogP contribution in [0.25, 0.3) is 0 Å². The summed E-state index contributed by atoms with van der Waals surface area (Å²) in [6.07, 6.45) is 0. The van der Waals surface area contributed by atoms with Gasteiger partial charge in [0, 0.05) is 12.1 Å². The van der Waals surface area contributed by atoms with Gasteiger partial charge >= 0.3 is 0 Å². The number of carbonyl (C=O) groups is 1. The Morgan fingerprint density at radius 1 is 1.10 bits per heavy atom. The summed E-state index contributed by atoms with van der Waals surface area (Å²) in [5.74, 6) is 1.23. The molecule has 0 radical (unpaired) electrons. The summed E-state index contributed by atoms with van der Waals surface area (Å²) in [5.41, 5.74) is 0.401. The number of nitrogens with zero attached hydrogens (tertiary/aromatic N) is 1. The Balaban J connectivity index is 2.25. The Hall–Kier alpha value is -2.89. The number of ketones is 1. The standard InChI is InChI=1S/C15H13NO5/c1-10(17)14-9-13(7-8-15(14)20-2)21-12-5-3-11(4-6-12)16(18)19/h3-9H,1-2H3. The first-order valence-electron chi connectivity index (χ1n) is 6.12. The zero-order chi connectivity index (χ0) is 15.4. The fourth-order valence-corrected chi connectivity index (χ4v) is 1.80. The summed E-state index contributed by atoms with van der Waals surface area (Å²) >= 11 is 0. The molecule has 0 spiro atoms. The maximum absolute atomic E-state index is 11.5. The van der Waals surface area contributed by atoms with Crippen molar-refractivity contribution in [2.75, 3.05) is 7.11 Å². The van der Waals surface area contributed by atoms with Crippen molar-refractivity contribution in [1.29, 1.82) is 0 Å². The molecular formula is C15H13NO5. The van der Waals surface area contributed by atoms with E-state index in [-0.39, 0.29) is 11.5 Å². The molecule has 0 aromatic heterocycles. The van der Waals surface area contributed by atoms with Gasteiger partial charge in [0.2, 0.25) is 0 Å². The van der Waals surface area contributed by atoms with Crippen LogP contribution in [0.1, 0.15) is 17.3 Å². The van der Waals surface area contributed by atoms with Gasteiger partial charge in [0.1, 0.15) is 17.2 Å². The zero-order valence-corrected chi connectivity index (χ0v) is 11.5. The molecule has 0 saturated carbocycles. The van der Waals surface area contributed by atoms with E-state index in [2.05, 4.69) is 0 Å². The predicted molar refractivity (Wildman–Crippen MR) is 76.2 cm³/mol. The third-order valence-electron chi connectivity index (χ3n) is 2.83. The number of hydrogen-bond donors (Lipinski definition) is 0. The van der Waals surface area contributed by atoms with Crippen LogP contribution < -0.4 is 9.47 Å². The van der Waals surface area contributed by atoms with Gasteiger partial charge in [-0.1, -0.05) is 0 Å². The van der Waals surface area contributed by atoms with Gasteiger partial charge in [-0.3, -0.25) is 14.9 Å². The highest BCUT2D eigenvalue weighted by atomic mass is 16.6. The highest BCUT2D eigenvalue weighted by Gasteiger charge is 2.10. The fourth-order valence-electron chi connectivity index (χ4n) is 1.80. The predicted octanol–water partition coefficient (Wildman–Crippen LogP) is 3.60. The van der Waals surface area contributed by atoms with Gasteiger partial charge in [-0.25, -0.2) is 0 Å². The fraction of sp³-hybridized carbons (Fsp3) is 0.133. The van der Waals surface area contributed by atoms with Crippen molar-refractivity contribution < 1.29 is 19.2 Å². The van der Waals surface area contributed by atoms with Crippen LogP contribution in [0.4, 0.5) is 5.69 Å². The summed E-state index contributed by atoms with van der Waals surface area (Å²) in [7, 11) is 1.48. The first-order chi connectivity index (χ1) is 10.0. The minimum atomic E-state index is -0.481.